The SMILES string of the molecule is CC/C=C\C/C=C\C/C=C\C/C=C\C/C=C\CCCCCCCCCCCCOCC(COP(=O)([O-])OCC[N+](C)(C)C)OC(=O)CCCCCCCCCCCCCC. The van der Waals surface area contributed by atoms with Gasteiger partial charge in [-0.2, -0.15) is 0 Å². The van der Waals surface area contributed by atoms with E-state index in [9.17, 15) is 14.3 Å². The fourth-order valence-electron chi connectivity index (χ4n) is 6.57. The van der Waals surface area contributed by atoms with Crippen LogP contribution in [0.1, 0.15) is 200 Å². The van der Waals surface area contributed by atoms with E-state index < -0.39 is 13.9 Å². The third-order valence-corrected chi connectivity index (χ3v) is 11.3. The molecule has 9 heteroatoms. The molecule has 0 aliphatic rings. The van der Waals surface area contributed by atoms with E-state index in [1.165, 1.54) is 116 Å². The molecule has 0 bridgehead atoms. The zero-order chi connectivity index (χ0) is 44.1. The van der Waals surface area contributed by atoms with Crippen molar-refractivity contribution in [1.29, 1.82) is 0 Å². The molecule has 0 spiro atoms. The minimum atomic E-state index is -4.53. The van der Waals surface area contributed by atoms with Crippen molar-refractivity contribution < 1.29 is 37.3 Å². The Hall–Kier alpha value is -1.80. The maximum Gasteiger partial charge on any atom is 0.306 e. The van der Waals surface area contributed by atoms with Gasteiger partial charge in [-0.1, -0.05) is 197 Å². The third kappa shape index (κ3) is 47.3. The number of hydrogen-bond donors (Lipinski definition) is 0. The Kier molecular flexibility index (Phi) is 42.5. The number of quaternary nitrogens is 1. The second-order valence-electron chi connectivity index (χ2n) is 17.4. The van der Waals surface area contributed by atoms with Gasteiger partial charge in [0.15, 0.2) is 0 Å². The number of carbonyl (C=O) groups is 1. The summed E-state index contributed by atoms with van der Waals surface area (Å²) in [6.45, 7) is 5.29. The van der Waals surface area contributed by atoms with Crippen molar-refractivity contribution in [2.75, 3.05) is 54.1 Å². The van der Waals surface area contributed by atoms with Crippen molar-refractivity contribution in [3.05, 3.63) is 60.8 Å². The first kappa shape index (κ1) is 58.2. The monoisotopic (exact) mass is 864 g/mol. The Bertz CT molecular complexity index is 1140. The lowest BCUT2D eigenvalue weighted by molar-refractivity contribution is -0.870. The minimum absolute atomic E-state index is 0.0244. The predicted octanol–water partition coefficient (Wildman–Crippen LogP) is 14.3. The summed E-state index contributed by atoms with van der Waals surface area (Å²) in [5, 5.41) is 0. The van der Waals surface area contributed by atoms with Gasteiger partial charge in [-0.3, -0.25) is 9.36 Å². The average Bonchev–Trinajstić information content (AvgIpc) is 3.20. The average molecular weight is 864 g/mol. The van der Waals surface area contributed by atoms with E-state index in [4.69, 9.17) is 18.5 Å². The zero-order valence-electron chi connectivity index (χ0n) is 39.6. The van der Waals surface area contributed by atoms with Gasteiger partial charge in [0, 0.05) is 13.0 Å². The van der Waals surface area contributed by atoms with Gasteiger partial charge >= 0.3 is 5.97 Å². The van der Waals surface area contributed by atoms with Gasteiger partial charge in [0.2, 0.25) is 0 Å². The smallest absolute Gasteiger partial charge is 0.306 e. The van der Waals surface area contributed by atoms with Gasteiger partial charge in [0.25, 0.3) is 7.82 Å². The molecule has 0 saturated heterocycles. The molecule has 0 saturated carbocycles. The van der Waals surface area contributed by atoms with Crippen LogP contribution in [0.15, 0.2) is 60.8 Å². The second kappa shape index (κ2) is 43.8. The Balaban J connectivity index is 4.09. The van der Waals surface area contributed by atoms with E-state index >= 15 is 0 Å². The van der Waals surface area contributed by atoms with Gasteiger partial charge in [-0.05, 0) is 57.8 Å². The molecule has 8 nitrogen and oxygen atoms in total. The maximum atomic E-state index is 12.7. The summed E-state index contributed by atoms with van der Waals surface area (Å²) in [4.78, 5) is 25.1. The number of phosphoric ester groups is 1. The molecule has 0 radical (unpaired) electrons. The van der Waals surface area contributed by atoms with E-state index in [0.717, 1.165) is 64.2 Å². The lowest BCUT2D eigenvalue weighted by atomic mass is 10.0. The van der Waals surface area contributed by atoms with Gasteiger partial charge in [0.05, 0.1) is 34.4 Å². The van der Waals surface area contributed by atoms with Crippen LogP contribution in [0.2, 0.25) is 0 Å². The van der Waals surface area contributed by atoms with Crippen LogP contribution in [0.5, 0.6) is 0 Å². The summed E-state index contributed by atoms with van der Waals surface area (Å²) in [6.07, 6.45) is 55.3. The molecular formula is C51H94NO7P. The fraction of sp³-hybridized carbons (Fsp3) is 0.784. The molecule has 2 atom stereocenters. The van der Waals surface area contributed by atoms with Crippen LogP contribution in [0.25, 0.3) is 0 Å². The highest BCUT2D eigenvalue weighted by molar-refractivity contribution is 7.45. The third-order valence-electron chi connectivity index (χ3n) is 10.3. The highest BCUT2D eigenvalue weighted by Crippen LogP contribution is 2.38. The highest BCUT2D eigenvalue weighted by atomic mass is 31.2. The van der Waals surface area contributed by atoms with Gasteiger partial charge in [-0.25, -0.2) is 0 Å². The molecule has 0 aromatic carbocycles. The lowest BCUT2D eigenvalue weighted by Gasteiger charge is -2.28. The number of carbonyl (C=O) groups excluding carboxylic acids is 1. The molecule has 0 aromatic heterocycles. The van der Waals surface area contributed by atoms with Crippen molar-refractivity contribution in [2.45, 2.75) is 206 Å². The topological polar surface area (TPSA) is 94.1 Å². The summed E-state index contributed by atoms with van der Waals surface area (Å²) in [5.74, 6) is -0.337. The van der Waals surface area contributed by atoms with Gasteiger partial charge in [0.1, 0.15) is 19.3 Å². The van der Waals surface area contributed by atoms with E-state index in [-0.39, 0.29) is 25.8 Å². The number of esters is 1. The van der Waals surface area contributed by atoms with E-state index in [0.29, 0.717) is 24.1 Å². The summed E-state index contributed by atoms with van der Waals surface area (Å²) < 4.78 is 34.7. The highest BCUT2D eigenvalue weighted by Gasteiger charge is 2.20. The molecule has 2 unspecified atom stereocenters. The summed E-state index contributed by atoms with van der Waals surface area (Å²) >= 11 is 0. The molecule has 60 heavy (non-hydrogen) atoms. The molecule has 0 rings (SSSR count). The summed E-state index contributed by atoms with van der Waals surface area (Å²) in [7, 11) is 1.35. The Labute approximate surface area is 370 Å². The quantitative estimate of drug-likeness (QED) is 0.0198. The number of rotatable bonds is 45. The van der Waals surface area contributed by atoms with Crippen molar-refractivity contribution in [3.8, 4) is 0 Å². The van der Waals surface area contributed by atoms with Crippen molar-refractivity contribution in [2.24, 2.45) is 0 Å². The number of unbranched alkanes of at least 4 members (excludes halogenated alkanes) is 21. The summed E-state index contributed by atoms with van der Waals surface area (Å²) in [6, 6.07) is 0. The standard InChI is InChI=1S/C51H94NO7P/c1-6-8-10-12-14-16-18-20-21-22-23-24-25-26-27-28-29-30-31-32-33-35-37-39-41-43-46-56-48-50(49-58-60(54,55)57-47-45-52(3,4)5)59-51(53)44-42-40-38-36-34-19-17-15-13-11-9-7-2/h8,10,14,16,20-21,23-24,26-27,50H,6-7,9,11-13,15,17-19,22,25,28-49H2,1-5H3/b10-8-,16-14-,21-20-,24-23-,27-26-. The number of likely N-dealkylation sites (N-methyl/N-ethyl adjacent to an activating group) is 1. The normalized spacial score (nSPS) is 14.2. The first-order valence-corrected chi connectivity index (χ1v) is 26.0. The zero-order valence-corrected chi connectivity index (χ0v) is 40.5. The first-order chi connectivity index (χ1) is 29.1. The van der Waals surface area contributed by atoms with E-state index in [1.54, 1.807) is 0 Å². The maximum absolute atomic E-state index is 12.7. The predicted molar refractivity (Wildman–Crippen MR) is 254 cm³/mol. The molecular weight excluding hydrogens is 770 g/mol. The fourth-order valence-corrected chi connectivity index (χ4v) is 7.30. The second-order valence-corrected chi connectivity index (χ2v) is 18.9. The number of hydrogen-bond acceptors (Lipinski definition) is 7. The Morgan fingerprint density at radius 3 is 1.45 bits per heavy atom. The van der Waals surface area contributed by atoms with Crippen LogP contribution >= 0.6 is 7.82 Å². The molecule has 350 valence electrons. The van der Waals surface area contributed by atoms with Crippen LogP contribution in [-0.2, 0) is 27.9 Å². The number of ether oxygens (including phenoxy) is 2. The minimum Gasteiger partial charge on any atom is -0.756 e. The van der Waals surface area contributed by atoms with Crippen LogP contribution in [0.4, 0.5) is 0 Å². The number of nitrogens with zero attached hydrogens (tertiary/aromatic N) is 1. The number of phosphoric acid groups is 1. The molecule has 0 fully saturated rings. The Morgan fingerprint density at radius 1 is 0.533 bits per heavy atom. The lowest BCUT2D eigenvalue weighted by Crippen LogP contribution is -2.37. The van der Waals surface area contributed by atoms with E-state index in [2.05, 4.69) is 74.6 Å². The van der Waals surface area contributed by atoms with Crippen molar-refractivity contribution in [3.63, 3.8) is 0 Å². The molecule has 0 aromatic rings. The molecule has 0 amide bonds. The van der Waals surface area contributed by atoms with Crippen LogP contribution in [0, 0.1) is 0 Å². The van der Waals surface area contributed by atoms with Crippen molar-refractivity contribution in [1.82, 2.24) is 0 Å². The van der Waals surface area contributed by atoms with Crippen LogP contribution < -0.4 is 4.89 Å². The van der Waals surface area contributed by atoms with Gasteiger partial charge < -0.3 is 27.9 Å². The summed E-state index contributed by atoms with van der Waals surface area (Å²) in [5.41, 5.74) is 0. The number of allylic oxidation sites excluding steroid dienone is 10. The van der Waals surface area contributed by atoms with Crippen LogP contribution in [0.3, 0.4) is 0 Å². The van der Waals surface area contributed by atoms with Crippen LogP contribution in [-0.4, -0.2) is 70.7 Å². The largest absolute Gasteiger partial charge is 0.756 e. The molecule has 0 heterocycles. The van der Waals surface area contributed by atoms with Crippen molar-refractivity contribution >= 4 is 13.8 Å². The Morgan fingerprint density at radius 2 is 0.967 bits per heavy atom. The molecule has 0 N–H and O–H groups in total. The van der Waals surface area contributed by atoms with Gasteiger partial charge in [-0.15, -0.1) is 0 Å². The molecule has 0 aliphatic carbocycles. The van der Waals surface area contributed by atoms with E-state index in [1.807, 2.05) is 21.1 Å². The first-order valence-electron chi connectivity index (χ1n) is 24.5. The molecule has 0 aliphatic heterocycles.